The lowest BCUT2D eigenvalue weighted by atomic mass is 9.94. The molecule has 0 heterocycles. The van der Waals surface area contributed by atoms with Crippen molar-refractivity contribution < 1.29 is 0 Å². The van der Waals surface area contributed by atoms with Crippen molar-refractivity contribution in [1.82, 2.24) is 5.32 Å². The zero-order valence-corrected chi connectivity index (χ0v) is 10.7. The first-order chi connectivity index (χ1) is 6.76. The average molecular weight is 215 g/mol. The lowest BCUT2D eigenvalue weighted by Crippen LogP contribution is -2.40. The molecule has 0 aromatic heterocycles. The maximum absolute atomic E-state index is 3.74. The van der Waals surface area contributed by atoms with Gasteiger partial charge in [0.15, 0.2) is 0 Å². The van der Waals surface area contributed by atoms with Gasteiger partial charge in [0.1, 0.15) is 0 Å². The summed E-state index contributed by atoms with van der Waals surface area (Å²) in [6, 6.07) is 1.49. The molecule has 0 amide bonds. The Kier molecular flexibility index (Phi) is 5.95. The molecule has 84 valence electrons. The molecule has 1 aliphatic rings. The number of nitrogens with one attached hydrogen (secondary N) is 1. The molecule has 1 saturated carbocycles. The van der Waals surface area contributed by atoms with Crippen LogP contribution in [-0.4, -0.2) is 23.1 Å². The van der Waals surface area contributed by atoms with Gasteiger partial charge < -0.3 is 5.32 Å². The zero-order chi connectivity index (χ0) is 10.4. The highest BCUT2D eigenvalue weighted by Crippen LogP contribution is 2.28. The smallest absolute Gasteiger partial charge is 0.00800 e. The van der Waals surface area contributed by atoms with Gasteiger partial charge in [-0.3, -0.25) is 0 Å². The summed E-state index contributed by atoms with van der Waals surface area (Å²) >= 11 is 2.15. The second-order valence-corrected chi connectivity index (χ2v) is 5.99. The molecule has 1 N–H and O–H groups in total. The minimum atomic E-state index is 0.699. The number of thioether (sulfide) groups is 1. The van der Waals surface area contributed by atoms with Gasteiger partial charge in [-0.15, -0.1) is 0 Å². The standard InChI is InChI=1S/C12H25NS/c1-4-10(3)13-11-7-6-8-12(9-11)14-5-2/h10-13H,4-9H2,1-3H3. The van der Waals surface area contributed by atoms with Gasteiger partial charge in [-0.2, -0.15) is 11.8 Å². The van der Waals surface area contributed by atoms with Crippen molar-refractivity contribution in [3.63, 3.8) is 0 Å². The van der Waals surface area contributed by atoms with E-state index in [9.17, 15) is 0 Å². The first kappa shape index (κ1) is 12.4. The molecule has 0 aliphatic heterocycles. The van der Waals surface area contributed by atoms with Gasteiger partial charge in [-0.1, -0.05) is 20.3 Å². The first-order valence-electron chi connectivity index (χ1n) is 6.13. The predicted octanol–water partition coefficient (Wildman–Crippen LogP) is 3.44. The van der Waals surface area contributed by atoms with Crippen molar-refractivity contribution in [2.24, 2.45) is 0 Å². The van der Waals surface area contributed by atoms with Crippen LogP contribution in [0.1, 0.15) is 52.9 Å². The van der Waals surface area contributed by atoms with Gasteiger partial charge in [-0.05, 0) is 38.4 Å². The fourth-order valence-corrected chi connectivity index (χ4v) is 3.38. The van der Waals surface area contributed by atoms with E-state index in [0.717, 1.165) is 11.3 Å². The summed E-state index contributed by atoms with van der Waals surface area (Å²) in [5.74, 6) is 1.28. The summed E-state index contributed by atoms with van der Waals surface area (Å²) in [5.41, 5.74) is 0. The lowest BCUT2D eigenvalue weighted by molar-refractivity contribution is 0.346. The molecule has 0 aromatic rings. The van der Waals surface area contributed by atoms with Gasteiger partial charge in [-0.25, -0.2) is 0 Å². The van der Waals surface area contributed by atoms with Crippen LogP contribution >= 0.6 is 11.8 Å². The van der Waals surface area contributed by atoms with E-state index in [1.54, 1.807) is 0 Å². The van der Waals surface area contributed by atoms with Crippen LogP contribution in [0.3, 0.4) is 0 Å². The van der Waals surface area contributed by atoms with Gasteiger partial charge in [0.25, 0.3) is 0 Å². The van der Waals surface area contributed by atoms with Crippen molar-refractivity contribution in [3.8, 4) is 0 Å². The molecular formula is C12H25NS. The molecule has 0 aromatic carbocycles. The van der Waals surface area contributed by atoms with E-state index >= 15 is 0 Å². The fraction of sp³-hybridized carbons (Fsp3) is 1.00. The third-order valence-corrected chi connectivity index (χ3v) is 4.39. The normalized spacial score (nSPS) is 30.2. The second-order valence-electron chi connectivity index (χ2n) is 4.42. The Morgan fingerprint density at radius 1 is 1.36 bits per heavy atom. The highest BCUT2D eigenvalue weighted by Gasteiger charge is 2.22. The maximum Gasteiger partial charge on any atom is 0.00800 e. The maximum atomic E-state index is 3.74. The molecule has 3 unspecified atom stereocenters. The van der Waals surface area contributed by atoms with Crippen molar-refractivity contribution in [2.45, 2.75) is 70.2 Å². The van der Waals surface area contributed by atoms with Crippen LogP contribution in [0.4, 0.5) is 0 Å². The second kappa shape index (κ2) is 6.73. The summed E-state index contributed by atoms with van der Waals surface area (Å²) in [4.78, 5) is 0. The van der Waals surface area contributed by atoms with Crippen molar-refractivity contribution in [2.75, 3.05) is 5.75 Å². The Bertz CT molecular complexity index is 147. The van der Waals surface area contributed by atoms with Crippen LogP contribution in [0.2, 0.25) is 0 Å². The molecule has 0 radical (unpaired) electrons. The Balaban J connectivity index is 2.25. The molecule has 1 fully saturated rings. The predicted molar refractivity (Wildman–Crippen MR) is 67.1 cm³/mol. The Morgan fingerprint density at radius 3 is 2.79 bits per heavy atom. The molecule has 1 rings (SSSR count). The highest BCUT2D eigenvalue weighted by atomic mass is 32.2. The van der Waals surface area contributed by atoms with Crippen molar-refractivity contribution in [3.05, 3.63) is 0 Å². The average Bonchev–Trinajstić information content (AvgIpc) is 2.19. The van der Waals surface area contributed by atoms with E-state index in [1.807, 2.05) is 0 Å². The lowest BCUT2D eigenvalue weighted by Gasteiger charge is -2.31. The van der Waals surface area contributed by atoms with Crippen LogP contribution in [0.15, 0.2) is 0 Å². The minimum Gasteiger partial charge on any atom is -0.311 e. The molecule has 0 saturated heterocycles. The Hall–Kier alpha value is 0.310. The summed E-state index contributed by atoms with van der Waals surface area (Å²) in [6.45, 7) is 6.84. The molecule has 0 spiro atoms. The van der Waals surface area contributed by atoms with Crippen LogP contribution in [0, 0.1) is 0 Å². The van der Waals surface area contributed by atoms with Crippen LogP contribution < -0.4 is 5.32 Å². The molecule has 1 aliphatic carbocycles. The van der Waals surface area contributed by atoms with Crippen LogP contribution in [0.25, 0.3) is 0 Å². The third kappa shape index (κ3) is 4.22. The van der Waals surface area contributed by atoms with Gasteiger partial charge in [0, 0.05) is 17.3 Å². The largest absolute Gasteiger partial charge is 0.311 e. The summed E-state index contributed by atoms with van der Waals surface area (Å²) in [6.07, 6.45) is 6.90. The topological polar surface area (TPSA) is 12.0 Å². The van der Waals surface area contributed by atoms with E-state index in [1.165, 1.54) is 37.9 Å². The summed E-state index contributed by atoms with van der Waals surface area (Å²) < 4.78 is 0. The molecule has 14 heavy (non-hydrogen) atoms. The zero-order valence-electron chi connectivity index (χ0n) is 9.88. The molecule has 2 heteroatoms. The quantitative estimate of drug-likeness (QED) is 0.754. The van der Waals surface area contributed by atoms with E-state index in [2.05, 4.69) is 37.8 Å². The Labute approximate surface area is 93.4 Å². The van der Waals surface area contributed by atoms with Gasteiger partial charge in [0.2, 0.25) is 0 Å². The summed E-state index contributed by atoms with van der Waals surface area (Å²) in [7, 11) is 0. The van der Waals surface area contributed by atoms with Crippen molar-refractivity contribution in [1.29, 1.82) is 0 Å². The van der Waals surface area contributed by atoms with Gasteiger partial charge >= 0.3 is 0 Å². The molecule has 0 bridgehead atoms. The third-order valence-electron chi connectivity index (χ3n) is 3.16. The minimum absolute atomic E-state index is 0.699. The number of hydrogen-bond donors (Lipinski definition) is 1. The number of hydrogen-bond acceptors (Lipinski definition) is 2. The Morgan fingerprint density at radius 2 is 2.14 bits per heavy atom. The molecule has 1 nitrogen and oxygen atoms in total. The fourth-order valence-electron chi connectivity index (χ4n) is 2.20. The SMILES string of the molecule is CCSC1CCCC(NC(C)CC)C1. The van der Waals surface area contributed by atoms with Crippen LogP contribution in [0.5, 0.6) is 0 Å². The molecular weight excluding hydrogens is 190 g/mol. The van der Waals surface area contributed by atoms with Crippen molar-refractivity contribution >= 4 is 11.8 Å². The van der Waals surface area contributed by atoms with Gasteiger partial charge in [0.05, 0.1) is 0 Å². The van der Waals surface area contributed by atoms with Crippen LogP contribution in [-0.2, 0) is 0 Å². The molecule has 3 atom stereocenters. The monoisotopic (exact) mass is 215 g/mol. The first-order valence-corrected chi connectivity index (χ1v) is 7.18. The van der Waals surface area contributed by atoms with E-state index in [0.29, 0.717) is 6.04 Å². The van der Waals surface area contributed by atoms with E-state index in [4.69, 9.17) is 0 Å². The highest BCUT2D eigenvalue weighted by molar-refractivity contribution is 7.99. The number of rotatable bonds is 5. The van der Waals surface area contributed by atoms with E-state index in [-0.39, 0.29) is 0 Å². The van der Waals surface area contributed by atoms with E-state index < -0.39 is 0 Å². The summed E-state index contributed by atoms with van der Waals surface area (Å²) in [5, 5.41) is 4.67.